The average molecular weight is 529 g/mol. The van der Waals surface area contributed by atoms with E-state index in [0.717, 1.165) is 42.8 Å². The molecule has 4 fully saturated rings. The summed E-state index contributed by atoms with van der Waals surface area (Å²) in [4.78, 5) is 20.7. The van der Waals surface area contributed by atoms with Gasteiger partial charge in [0.2, 0.25) is 0 Å². The number of hydrogen-bond acceptors (Lipinski definition) is 8. The van der Waals surface area contributed by atoms with Crippen LogP contribution in [-0.2, 0) is 4.84 Å². The quantitative estimate of drug-likeness (QED) is 0.562. The summed E-state index contributed by atoms with van der Waals surface area (Å²) in [5.74, 6) is 1.86. The van der Waals surface area contributed by atoms with Gasteiger partial charge in [0, 0.05) is 75.1 Å². The number of anilines is 2. The molecular formula is C31H40N6O2. The molecule has 5 aliphatic rings. The van der Waals surface area contributed by atoms with E-state index in [0.29, 0.717) is 18.7 Å². The van der Waals surface area contributed by atoms with Crippen molar-refractivity contribution < 1.29 is 9.57 Å². The van der Waals surface area contributed by atoms with E-state index in [4.69, 9.17) is 9.57 Å². The smallest absolute Gasteiger partial charge is 0.144 e. The van der Waals surface area contributed by atoms with Crippen molar-refractivity contribution in [2.45, 2.75) is 31.3 Å². The zero-order chi connectivity index (χ0) is 26.4. The monoisotopic (exact) mass is 528 g/mol. The first kappa shape index (κ1) is 24.9. The van der Waals surface area contributed by atoms with Crippen molar-refractivity contribution in [2.75, 3.05) is 76.5 Å². The van der Waals surface area contributed by atoms with Crippen molar-refractivity contribution in [2.24, 2.45) is 10.4 Å². The van der Waals surface area contributed by atoms with Gasteiger partial charge in [0.15, 0.2) is 0 Å². The van der Waals surface area contributed by atoms with Crippen molar-refractivity contribution >= 4 is 17.6 Å². The van der Waals surface area contributed by atoms with E-state index < -0.39 is 0 Å². The highest BCUT2D eigenvalue weighted by Gasteiger charge is 2.52. The molecule has 39 heavy (non-hydrogen) atoms. The van der Waals surface area contributed by atoms with Gasteiger partial charge in [0.05, 0.1) is 25.4 Å². The van der Waals surface area contributed by atoms with Crippen LogP contribution in [0.3, 0.4) is 0 Å². The largest absolute Gasteiger partial charge is 0.494 e. The lowest BCUT2D eigenvalue weighted by Crippen LogP contribution is -2.73. The number of rotatable bonds is 6. The molecule has 0 unspecified atom stereocenters. The van der Waals surface area contributed by atoms with Crippen LogP contribution in [0.4, 0.5) is 11.4 Å². The lowest BCUT2D eigenvalue weighted by atomic mass is 9.72. The average Bonchev–Trinajstić information content (AvgIpc) is 3.44. The van der Waals surface area contributed by atoms with Gasteiger partial charge in [0.25, 0.3) is 0 Å². The summed E-state index contributed by atoms with van der Waals surface area (Å²) in [7, 11) is 4.01. The normalized spacial score (nSPS) is 25.5. The summed E-state index contributed by atoms with van der Waals surface area (Å²) in [6, 6.07) is 18.2. The number of piperidine rings is 1. The Morgan fingerprint density at radius 1 is 0.974 bits per heavy atom. The molecule has 5 aliphatic heterocycles. The van der Waals surface area contributed by atoms with E-state index in [1.54, 1.807) is 7.11 Å². The fraction of sp³-hybridized carbons (Fsp3) is 0.516. The lowest BCUT2D eigenvalue weighted by molar-refractivity contribution is -0.123. The molecule has 0 N–H and O–H groups in total. The minimum absolute atomic E-state index is 0.171. The van der Waals surface area contributed by atoms with Crippen LogP contribution in [0.2, 0.25) is 0 Å². The van der Waals surface area contributed by atoms with Gasteiger partial charge < -0.3 is 19.4 Å². The number of hydrogen-bond donors (Lipinski definition) is 0. The van der Waals surface area contributed by atoms with Gasteiger partial charge in [-0.3, -0.25) is 14.7 Å². The molecule has 206 valence electrons. The Bertz CT molecular complexity index is 1230. The van der Waals surface area contributed by atoms with E-state index >= 15 is 0 Å². The molecule has 8 heteroatoms. The Labute approximate surface area is 232 Å². The molecule has 0 amide bonds. The van der Waals surface area contributed by atoms with Gasteiger partial charge in [-0.25, -0.2) is 5.06 Å². The third-order valence-corrected chi connectivity index (χ3v) is 9.23. The number of ether oxygens (including phenoxy) is 1. The lowest BCUT2D eigenvalue weighted by Gasteiger charge is -2.62. The zero-order valence-corrected chi connectivity index (χ0v) is 23.2. The standard InChI is InChI=1S/C31H40N6O2/c1-33-19-31(20-33)21-35(22-31)25-11-15-34(16-12-25)26-8-9-28(29(18-26)38-2)36-23-32-14-10-30(36)37-27(13-17-39-37)24-6-4-3-5-7-24/h3-10,14,18,25,27H,11-13,15-17,19-23H2,1-2H3/t27-/m1/s1. The fourth-order valence-corrected chi connectivity index (χ4v) is 7.42. The van der Waals surface area contributed by atoms with Crippen molar-refractivity contribution in [3.63, 3.8) is 0 Å². The first-order valence-electron chi connectivity index (χ1n) is 14.4. The number of hydroxylamine groups is 2. The number of benzene rings is 2. The maximum atomic E-state index is 6.18. The summed E-state index contributed by atoms with van der Waals surface area (Å²) < 4.78 is 5.97. The van der Waals surface area contributed by atoms with Gasteiger partial charge in [-0.15, -0.1) is 0 Å². The van der Waals surface area contributed by atoms with Crippen molar-refractivity contribution in [3.05, 3.63) is 66.0 Å². The second kappa shape index (κ2) is 10.2. The Kier molecular flexibility index (Phi) is 6.49. The molecule has 0 radical (unpaired) electrons. The maximum absolute atomic E-state index is 6.18. The van der Waals surface area contributed by atoms with Crippen LogP contribution in [-0.4, -0.2) is 93.8 Å². The second-order valence-electron chi connectivity index (χ2n) is 12.0. The van der Waals surface area contributed by atoms with Gasteiger partial charge in [-0.1, -0.05) is 30.3 Å². The maximum Gasteiger partial charge on any atom is 0.144 e. The zero-order valence-electron chi connectivity index (χ0n) is 23.2. The second-order valence-corrected chi connectivity index (χ2v) is 12.0. The van der Waals surface area contributed by atoms with Gasteiger partial charge in [-0.05, 0) is 43.7 Å². The predicted molar refractivity (Wildman–Crippen MR) is 155 cm³/mol. The van der Waals surface area contributed by atoms with Gasteiger partial charge in [-0.2, -0.15) is 0 Å². The Morgan fingerprint density at radius 2 is 1.77 bits per heavy atom. The Hall–Kier alpha value is -3.07. The van der Waals surface area contributed by atoms with E-state index in [1.807, 2.05) is 12.3 Å². The molecule has 8 nitrogen and oxygen atoms in total. The molecule has 0 saturated carbocycles. The van der Waals surface area contributed by atoms with Gasteiger partial charge in [0.1, 0.15) is 18.2 Å². The molecule has 0 bridgehead atoms. The number of methoxy groups -OCH3 is 1. The topological polar surface area (TPSA) is 47.0 Å². The predicted octanol–water partition coefficient (Wildman–Crippen LogP) is 3.98. The minimum Gasteiger partial charge on any atom is -0.494 e. The van der Waals surface area contributed by atoms with E-state index in [9.17, 15) is 0 Å². The number of nitrogens with zero attached hydrogens (tertiary/aromatic N) is 6. The molecule has 0 aromatic heterocycles. The number of aliphatic imine (C=N–C) groups is 1. The molecule has 1 spiro atoms. The summed E-state index contributed by atoms with van der Waals surface area (Å²) >= 11 is 0. The third-order valence-electron chi connectivity index (χ3n) is 9.23. The molecule has 1 atom stereocenters. The molecule has 2 aromatic rings. The number of allylic oxidation sites excluding steroid dienone is 1. The molecule has 2 aromatic carbocycles. The molecule has 4 saturated heterocycles. The number of likely N-dealkylation sites (tertiary alicyclic amines) is 2. The van der Waals surface area contributed by atoms with E-state index in [2.05, 4.69) is 85.2 Å². The van der Waals surface area contributed by atoms with Crippen LogP contribution in [0, 0.1) is 5.41 Å². The highest BCUT2D eigenvalue weighted by molar-refractivity contribution is 5.77. The van der Waals surface area contributed by atoms with Crippen molar-refractivity contribution in [3.8, 4) is 5.75 Å². The van der Waals surface area contributed by atoms with Crippen molar-refractivity contribution in [1.29, 1.82) is 0 Å². The highest BCUT2D eigenvalue weighted by atomic mass is 16.7. The highest BCUT2D eigenvalue weighted by Crippen LogP contribution is 2.43. The van der Waals surface area contributed by atoms with Crippen LogP contribution in [0.25, 0.3) is 0 Å². The first-order valence-corrected chi connectivity index (χ1v) is 14.4. The van der Waals surface area contributed by atoms with Crippen LogP contribution in [0.5, 0.6) is 5.75 Å². The van der Waals surface area contributed by atoms with Crippen LogP contribution >= 0.6 is 0 Å². The summed E-state index contributed by atoms with van der Waals surface area (Å²) in [6.45, 7) is 8.57. The SMILES string of the molecule is COc1cc(N2CCC(N3CC4(CN(C)C4)C3)CC2)ccc1N1CN=CC=C1N1OCC[C@@H]1c1ccccc1. The molecule has 0 aliphatic carbocycles. The molecular weight excluding hydrogens is 488 g/mol. The van der Waals surface area contributed by atoms with Gasteiger partial charge >= 0.3 is 0 Å². The fourth-order valence-electron chi connectivity index (χ4n) is 7.42. The molecule has 7 rings (SSSR count). The summed E-state index contributed by atoms with van der Waals surface area (Å²) in [5, 5.41) is 2.06. The van der Waals surface area contributed by atoms with E-state index in [1.165, 1.54) is 50.3 Å². The third kappa shape index (κ3) is 4.58. The summed E-state index contributed by atoms with van der Waals surface area (Å²) in [5.41, 5.74) is 4.12. The Morgan fingerprint density at radius 3 is 2.51 bits per heavy atom. The van der Waals surface area contributed by atoms with E-state index in [-0.39, 0.29) is 6.04 Å². The van der Waals surface area contributed by atoms with Crippen LogP contribution in [0.15, 0.2) is 65.4 Å². The van der Waals surface area contributed by atoms with Crippen LogP contribution in [0.1, 0.15) is 30.9 Å². The molecule has 5 heterocycles. The van der Waals surface area contributed by atoms with Crippen molar-refractivity contribution in [1.82, 2.24) is 14.9 Å². The Balaban J connectivity index is 1.04. The first-order chi connectivity index (χ1) is 19.1. The summed E-state index contributed by atoms with van der Waals surface area (Å²) in [6.07, 6.45) is 7.34. The minimum atomic E-state index is 0.171. The van der Waals surface area contributed by atoms with Crippen LogP contribution < -0.4 is 14.5 Å².